The van der Waals surface area contributed by atoms with Crippen molar-refractivity contribution in [2.75, 3.05) is 19.0 Å². The number of aromatic nitrogens is 4. The minimum absolute atomic E-state index is 0.0897. The summed E-state index contributed by atoms with van der Waals surface area (Å²) in [6.45, 7) is 9.97. The van der Waals surface area contributed by atoms with Gasteiger partial charge in [0.1, 0.15) is 23.1 Å². The first-order valence-electron chi connectivity index (χ1n) is 15.4. The maximum atomic E-state index is 13.7. The summed E-state index contributed by atoms with van der Waals surface area (Å²) in [5.41, 5.74) is 3.13. The molecule has 0 bridgehead atoms. The van der Waals surface area contributed by atoms with E-state index in [1.165, 1.54) is 6.42 Å². The summed E-state index contributed by atoms with van der Waals surface area (Å²) >= 11 is 0. The molecule has 1 fully saturated rings. The first-order valence-corrected chi connectivity index (χ1v) is 15.4. The first-order chi connectivity index (χ1) is 20.1. The molecule has 2 aliphatic heterocycles. The quantitative estimate of drug-likeness (QED) is 0.377. The van der Waals surface area contributed by atoms with E-state index >= 15 is 0 Å². The van der Waals surface area contributed by atoms with Gasteiger partial charge in [-0.3, -0.25) is 9.59 Å². The van der Waals surface area contributed by atoms with Crippen molar-refractivity contribution in [2.45, 2.75) is 84.7 Å². The summed E-state index contributed by atoms with van der Waals surface area (Å²) in [6, 6.07) is 9.37. The third-order valence-electron chi connectivity index (χ3n) is 9.37. The molecule has 9 nitrogen and oxygen atoms in total. The molecule has 1 aliphatic carbocycles. The Labute approximate surface area is 248 Å². The summed E-state index contributed by atoms with van der Waals surface area (Å²) in [5, 5.41) is 11.8. The summed E-state index contributed by atoms with van der Waals surface area (Å²) in [7, 11) is 1.58. The third kappa shape index (κ3) is 5.29. The van der Waals surface area contributed by atoms with E-state index in [4.69, 9.17) is 9.72 Å². The van der Waals surface area contributed by atoms with Gasteiger partial charge in [-0.05, 0) is 93.2 Å². The lowest BCUT2D eigenvalue weighted by atomic mass is 9.72. The van der Waals surface area contributed by atoms with Crippen molar-refractivity contribution >= 4 is 17.6 Å². The number of carbonyl (C=O) groups excluding carboxylic acids is 2. The minimum Gasteiger partial charge on any atom is -0.496 e. The van der Waals surface area contributed by atoms with Gasteiger partial charge in [0.2, 0.25) is 5.91 Å². The number of methoxy groups -OCH3 is 1. The first kappa shape index (κ1) is 28.4. The van der Waals surface area contributed by atoms with Crippen LogP contribution in [0.15, 0.2) is 30.3 Å². The van der Waals surface area contributed by atoms with Crippen LogP contribution in [0.3, 0.4) is 0 Å². The smallest absolute Gasteiger partial charge is 0.260 e. The van der Waals surface area contributed by atoms with Gasteiger partial charge >= 0.3 is 0 Å². The number of nitrogens with one attached hydrogen (secondary N) is 1. The van der Waals surface area contributed by atoms with Gasteiger partial charge in [-0.2, -0.15) is 0 Å². The highest BCUT2D eigenvalue weighted by Gasteiger charge is 2.37. The Kier molecular flexibility index (Phi) is 7.53. The number of pyridine rings is 1. The molecule has 1 aromatic carbocycles. The van der Waals surface area contributed by atoms with Crippen molar-refractivity contribution in [1.82, 2.24) is 24.6 Å². The van der Waals surface area contributed by atoms with Gasteiger partial charge in [0.15, 0.2) is 5.82 Å². The highest BCUT2D eigenvalue weighted by atomic mass is 16.5. The average Bonchev–Trinajstić information content (AvgIpc) is 3.51. The monoisotopic (exact) mass is 570 g/mol. The van der Waals surface area contributed by atoms with E-state index in [-0.39, 0.29) is 23.3 Å². The average molecular weight is 571 g/mol. The summed E-state index contributed by atoms with van der Waals surface area (Å²) in [6.07, 6.45) is 7.11. The second-order valence-electron chi connectivity index (χ2n) is 13.2. The van der Waals surface area contributed by atoms with Crippen LogP contribution in [0.5, 0.6) is 5.75 Å². The van der Waals surface area contributed by atoms with Crippen molar-refractivity contribution in [1.29, 1.82) is 0 Å². The van der Waals surface area contributed by atoms with Crippen LogP contribution in [0.25, 0.3) is 11.5 Å². The van der Waals surface area contributed by atoms with E-state index in [0.717, 1.165) is 55.5 Å². The number of nitrogens with zero attached hydrogens (tertiary/aromatic N) is 5. The molecule has 2 amide bonds. The maximum absolute atomic E-state index is 13.7. The van der Waals surface area contributed by atoms with Gasteiger partial charge in [0.05, 0.1) is 12.7 Å². The van der Waals surface area contributed by atoms with Crippen LogP contribution < -0.4 is 10.1 Å². The van der Waals surface area contributed by atoms with Crippen molar-refractivity contribution in [3.05, 3.63) is 52.8 Å². The third-order valence-corrected chi connectivity index (χ3v) is 9.37. The number of rotatable bonds is 8. The van der Waals surface area contributed by atoms with Crippen LogP contribution in [0.1, 0.15) is 87.1 Å². The molecule has 3 aromatic rings. The lowest BCUT2D eigenvalue weighted by molar-refractivity contribution is -0.140. The van der Waals surface area contributed by atoms with Crippen molar-refractivity contribution < 1.29 is 14.3 Å². The molecule has 1 unspecified atom stereocenters. The molecule has 42 heavy (non-hydrogen) atoms. The highest BCUT2D eigenvalue weighted by Crippen LogP contribution is 2.39. The van der Waals surface area contributed by atoms with Gasteiger partial charge in [-0.25, -0.2) is 4.98 Å². The largest absolute Gasteiger partial charge is 0.496 e. The van der Waals surface area contributed by atoms with Crippen LogP contribution in [-0.2, 0) is 29.7 Å². The Morgan fingerprint density at radius 1 is 1.12 bits per heavy atom. The number of anilines is 1. The molecular weight excluding hydrogens is 528 g/mol. The van der Waals surface area contributed by atoms with Gasteiger partial charge in [0, 0.05) is 31.0 Å². The zero-order valence-electron chi connectivity index (χ0n) is 25.4. The zero-order valence-corrected chi connectivity index (χ0v) is 25.4. The fourth-order valence-electron chi connectivity index (χ4n) is 6.82. The summed E-state index contributed by atoms with van der Waals surface area (Å²) in [4.78, 5) is 34.0. The van der Waals surface area contributed by atoms with Crippen molar-refractivity contribution in [2.24, 2.45) is 17.8 Å². The summed E-state index contributed by atoms with van der Waals surface area (Å²) in [5.74, 6) is 3.67. The number of hydrogen-bond acceptors (Lipinski definition) is 6. The summed E-state index contributed by atoms with van der Waals surface area (Å²) < 4.78 is 7.80. The Balaban J connectivity index is 1.22. The molecule has 0 saturated heterocycles. The lowest BCUT2D eigenvalue weighted by Gasteiger charge is -2.38. The van der Waals surface area contributed by atoms with E-state index in [9.17, 15) is 9.59 Å². The molecule has 1 saturated carbocycles. The fraction of sp³-hybridized carbons (Fsp3) is 0.545. The van der Waals surface area contributed by atoms with E-state index in [0.29, 0.717) is 53.6 Å². The number of hydrogen-bond donors (Lipinski definition) is 1. The Bertz CT molecular complexity index is 1510. The second-order valence-corrected chi connectivity index (χ2v) is 13.2. The molecule has 1 atom stereocenters. The molecule has 222 valence electrons. The Morgan fingerprint density at radius 3 is 2.64 bits per heavy atom. The predicted molar refractivity (Wildman–Crippen MR) is 161 cm³/mol. The predicted octanol–water partition coefficient (Wildman–Crippen LogP) is 5.63. The normalized spacial score (nSPS) is 18.3. The second kappa shape index (κ2) is 11.2. The molecular formula is C33H42N6O3. The number of aryl methyl sites for hydroxylation is 1. The van der Waals surface area contributed by atoms with E-state index in [1.54, 1.807) is 13.2 Å². The van der Waals surface area contributed by atoms with Crippen LogP contribution in [0.4, 0.5) is 5.82 Å². The number of fused-ring (bicyclic) bond motifs is 2. The number of benzene rings is 1. The SMILES string of the molecule is COc1cc2c(cc1C(=O)Nc1cccc(-c3nnc4n3C(C)(C)CC4)n1)CN(C(=O)C(CC(C)C)C1CCC1)CC2. The van der Waals surface area contributed by atoms with Gasteiger partial charge in [0.25, 0.3) is 5.91 Å². The van der Waals surface area contributed by atoms with Gasteiger partial charge < -0.3 is 19.5 Å². The molecule has 6 rings (SSSR count). The number of ether oxygens (including phenoxy) is 1. The Morgan fingerprint density at radius 2 is 1.93 bits per heavy atom. The lowest BCUT2D eigenvalue weighted by Crippen LogP contribution is -2.43. The topological polar surface area (TPSA) is 102 Å². The minimum atomic E-state index is -0.304. The number of amides is 2. The zero-order chi connectivity index (χ0) is 29.6. The van der Waals surface area contributed by atoms with Crippen LogP contribution in [0, 0.1) is 17.8 Å². The molecule has 4 heterocycles. The van der Waals surface area contributed by atoms with E-state index in [1.807, 2.05) is 29.2 Å². The van der Waals surface area contributed by atoms with Crippen molar-refractivity contribution in [3.8, 4) is 17.3 Å². The molecule has 1 N–H and O–H groups in total. The van der Waals surface area contributed by atoms with E-state index < -0.39 is 0 Å². The van der Waals surface area contributed by atoms with Crippen LogP contribution in [0.2, 0.25) is 0 Å². The highest BCUT2D eigenvalue weighted by molar-refractivity contribution is 6.06. The fourth-order valence-corrected chi connectivity index (χ4v) is 6.82. The van der Waals surface area contributed by atoms with Crippen molar-refractivity contribution in [3.63, 3.8) is 0 Å². The van der Waals surface area contributed by atoms with Gasteiger partial charge in [-0.1, -0.05) is 26.3 Å². The number of carbonyl (C=O) groups is 2. The molecule has 3 aliphatic rings. The van der Waals surface area contributed by atoms with Crippen LogP contribution in [-0.4, -0.2) is 50.1 Å². The molecule has 0 spiro atoms. The van der Waals surface area contributed by atoms with E-state index in [2.05, 4.69) is 47.8 Å². The van der Waals surface area contributed by atoms with Crippen LogP contribution >= 0.6 is 0 Å². The van der Waals surface area contributed by atoms with Gasteiger partial charge in [-0.15, -0.1) is 10.2 Å². The molecule has 9 heteroatoms. The standard InChI is InChI=1S/C33H42N6O3/c1-20(2)16-24(21-8-6-9-21)32(41)38-15-13-22-18-27(42-5)25(17-23(22)19-38)31(40)35-28-11-7-10-26(34-28)30-37-36-29-12-14-33(3,4)39(29)30/h7,10-11,17-18,20-21,24H,6,8-9,12-16,19H2,1-5H3,(H,34,35,40). The maximum Gasteiger partial charge on any atom is 0.260 e. The Hall–Kier alpha value is -3.75. The molecule has 2 aromatic heterocycles. The molecule has 0 radical (unpaired) electrons.